The fraction of sp³-hybridized carbons (Fsp3) is 0.900. The molecule has 0 aliphatic rings. The second-order valence-corrected chi connectivity index (χ2v) is 4.37. The first-order valence-electron chi connectivity index (χ1n) is 5.27. The monoisotopic (exact) mass is 287 g/mol. The minimum Gasteiger partial charge on any atom is -0.382 e. The molecule has 0 spiro atoms. The van der Waals surface area contributed by atoms with E-state index in [9.17, 15) is 4.79 Å². The molecule has 7 heteroatoms. The summed E-state index contributed by atoms with van der Waals surface area (Å²) < 4.78 is 15.3. The maximum atomic E-state index is 11.2. The summed E-state index contributed by atoms with van der Waals surface area (Å²) in [5.74, 6) is -0.326. The molecule has 0 radical (unpaired) electrons. The van der Waals surface area contributed by atoms with Gasteiger partial charge in [0.15, 0.2) is 4.84 Å². The lowest BCUT2D eigenvalue weighted by molar-refractivity contribution is -0.128. The molecular weight excluding hydrogens is 269 g/mol. The minimum absolute atomic E-state index is 0.326. The van der Waals surface area contributed by atoms with E-state index in [2.05, 4.69) is 0 Å². The average Bonchev–Trinajstić information content (AvgIpc) is 2.31. The van der Waals surface area contributed by atoms with Crippen LogP contribution in [-0.2, 0) is 19.0 Å². The van der Waals surface area contributed by atoms with Gasteiger partial charge in [0.25, 0.3) is 5.91 Å². The average molecular weight is 288 g/mol. The molecule has 0 N–H and O–H groups in total. The fourth-order valence-electron chi connectivity index (χ4n) is 0.943. The lowest BCUT2D eigenvalue weighted by Crippen LogP contribution is -2.34. The summed E-state index contributed by atoms with van der Waals surface area (Å²) in [6.07, 6.45) is 0. The molecule has 1 amide bonds. The van der Waals surface area contributed by atoms with Crippen LogP contribution in [-0.4, -0.2) is 69.4 Å². The van der Waals surface area contributed by atoms with Crippen molar-refractivity contribution in [1.29, 1.82) is 0 Å². The number of amides is 1. The molecule has 0 bridgehead atoms. The van der Waals surface area contributed by atoms with Crippen LogP contribution in [0, 0.1) is 0 Å². The van der Waals surface area contributed by atoms with Crippen molar-refractivity contribution in [3.8, 4) is 0 Å². The summed E-state index contributed by atoms with van der Waals surface area (Å²) in [5, 5.41) is 0. The van der Waals surface area contributed by atoms with Gasteiger partial charge in [-0.2, -0.15) is 0 Å². The third-order valence-electron chi connectivity index (χ3n) is 1.94. The van der Waals surface area contributed by atoms with Crippen LogP contribution >= 0.6 is 23.2 Å². The molecule has 0 aromatic carbocycles. The number of carbonyl (C=O) groups excluding carboxylic acids is 1. The fourth-order valence-corrected chi connectivity index (χ4v) is 1.28. The second-order valence-electron chi connectivity index (χ2n) is 3.28. The van der Waals surface area contributed by atoms with Crippen LogP contribution in [0.15, 0.2) is 0 Å². The van der Waals surface area contributed by atoms with E-state index in [1.165, 1.54) is 4.90 Å². The summed E-state index contributed by atoms with van der Waals surface area (Å²) in [4.78, 5) is 11.7. The number of rotatable bonds is 10. The van der Waals surface area contributed by atoms with Gasteiger partial charge in [-0.1, -0.05) is 23.2 Å². The molecule has 0 unspecified atom stereocenters. The largest absolute Gasteiger partial charge is 0.382 e. The zero-order chi connectivity index (χ0) is 13.1. The molecule has 0 saturated heterocycles. The van der Waals surface area contributed by atoms with Crippen molar-refractivity contribution in [2.24, 2.45) is 0 Å². The minimum atomic E-state index is -1.02. The Morgan fingerprint density at radius 3 is 2.18 bits per heavy atom. The lowest BCUT2D eigenvalue weighted by atomic mass is 10.5. The number of hydrogen-bond acceptors (Lipinski definition) is 4. The summed E-state index contributed by atoms with van der Waals surface area (Å²) in [5.41, 5.74) is 0. The summed E-state index contributed by atoms with van der Waals surface area (Å²) in [6.45, 7) is 3.00. The first-order chi connectivity index (χ1) is 8.09. The van der Waals surface area contributed by atoms with Crippen molar-refractivity contribution >= 4 is 29.1 Å². The molecule has 5 nitrogen and oxygen atoms in total. The van der Waals surface area contributed by atoms with Crippen LogP contribution in [0.4, 0.5) is 0 Å². The molecule has 0 saturated carbocycles. The van der Waals surface area contributed by atoms with Gasteiger partial charge in [-0.3, -0.25) is 4.79 Å². The van der Waals surface area contributed by atoms with Crippen molar-refractivity contribution in [3.05, 3.63) is 0 Å². The number of methoxy groups -OCH3 is 1. The smallest absolute Gasteiger partial charge is 0.255 e. The summed E-state index contributed by atoms with van der Waals surface area (Å²) >= 11 is 10.9. The number of nitrogens with zero attached hydrogens (tertiary/aromatic N) is 1. The third kappa shape index (κ3) is 9.62. The maximum absolute atomic E-state index is 11.2. The molecule has 0 fully saturated rings. The highest BCUT2D eigenvalue weighted by Crippen LogP contribution is 2.04. The van der Waals surface area contributed by atoms with Crippen LogP contribution in [0.1, 0.15) is 0 Å². The van der Waals surface area contributed by atoms with Crippen LogP contribution in [0.3, 0.4) is 0 Å². The molecule has 102 valence electrons. The SMILES string of the molecule is COCCOCCOCCN(C)C(=O)C(Cl)Cl. The van der Waals surface area contributed by atoms with E-state index in [4.69, 9.17) is 37.4 Å². The molecular formula is C10H19Cl2NO4. The summed E-state index contributed by atoms with van der Waals surface area (Å²) in [6, 6.07) is 0. The molecule has 17 heavy (non-hydrogen) atoms. The number of hydrogen-bond donors (Lipinski definition) is 0. The van der Waals surface area contributed by atoms with Crippen LogP contribution < -0.4 is 0 Å². The van der Waals surface area contributed by atoms with Crippen LogP contribution in [0.5, 0.6) is 0 Å². The van der Waals surface area contributed by atoms with E-state index in [1.807, 2.05) is 0 Å². The molecule has 0 rings (SSSR count). The highest BCUT2D eigenvalue weighted by molar-refractivity contribution is 6.53. The molecule has 0 aliphatic heterocycles. The number of halogens is 2. The van der Waals surface area contributed by atoms with E-state index in [0.717, 1.165) is 0 Å². The van der Waals surface area contributed by atoms with E-state index >= 15 is 0 Å². The highest BCUT2D eigenvalue weighted by atomic mass is 35.5. The number of alkyl halides is 2. The molecule has 0 aliphatic carbocycles. The first kappa shape index (κ1) is 16.9. The lowest BCUT2D eigenvalue weighted by Gasteiger charge is -2.17. The first-order valence-corrected chi connectivity index (χ1v) is 6.14. The Hall–Kier alpha value is -0.0700. The van der Waals surface area contributed by atoms with E-state index < -0.39 is 4.84 Å². The van der Waals surface area contributed by atoms with Crippen molar-refractivity contribution in [1.82, 2.24) is 4.90 Å². The predicted octanol–water partition coefficient (Wildman–Crippen LogP) is 0.928. The Labute approximate surface area is 112 Å². The van der Waals surface area contributed by atoms with Crippen molar-refractivity contribution in [3.63, 3.8) is 0 Å². The number of carbonyl (C=O) groups is 1. The van der Waals surface area contributed by atoms with Gasteiger partial charge in [-0.05, 0) is 0 Å². The molecule has 0 aromatic heterocycles. The zero-order valence-electron chi connectivity index (χ0n) is 10.2. The standard InChI is InChI=1S/C10H19Cl2NO4/c1-13(10(14)9(11)12)3-4-16-7-8-17-6-5-15-2/h9H,3-8H2,1-2H3. The highest BCUT2D eigenvalue weighted by Gasteiger charge is 2.15. The number of ether oxygens (including phenoxy) is 3. The number of likely N-dealkylation sites (N-methyl/N-ethyl adjacent to an activating group) is 1. The van der Waals surface area contributed by atoms with Gasteiger partial charge in [0.1, 0.15) is 0 Å². The van der Waals surface area contributed by atoms with Gasteiger partial charge >= 0.3 is 0 Å². The normalized spacial score (nSPS) is 10.9. The Kier molecular flexibility index (Phi) is 11.0. The van der Waals surface area contributed by atoms with Crippen LogP contribution in [0.2, 0.25) is 0 Å². The molecule has 0 heterocycles. The zero-order valence-corrected chi connectivity index (χ0v) is 11.7. The Bertz CT molecular complexity index is 205. The van der Waals surface area contributed by atoms with Crippen molar-refractivity contribution in [2.45, 2.75) is 4.84 Å². The van der Waals surface area contributed by atoms with Crippen LogP contribution in [0.25, 0.3) is 0 Å². The van der Waals surface area contributed by atoms with Gasteiger partial charge in [-0.15, -0.1) is 0 Å². The summed E-state index contributed by atoms with van der Waals surface area (Å²) in [7, 11) is 3.24. The quantitative estimate of drug-likeness (QED) is 0.443. The molecule has 0 atom stereocenters. The van der Waals surface area contributed by atoms with Crippen molar-refractivity contribution < 1.29 is 19.0 Å². The van der Waals surface area contributed by atoms with E-state index in [1.54, 1.807) is 14.2 Å². The van der Waals surface area contributed by atoms with Crippen molar-refractivity contribution in [2.75, 3.05) is 53.7 Å². The Morgan fingerprint density at radius 1 is 1.12 bits per heavy atom. The Balaban J connectivity index is 3.30. The van der Waals surface area contributed by atoms with E-state index in [0.29, 0.717) is 39.6 Å². The van der Waals surface area contributed by atoms with E-state index in [-0.39, 0.29) is 5.91 Å². The van der Waals surface area contributed by atoms with Gasteiger partial charge in [0.05, 0.1) is 33.0 Å². The Morgan fingerprint density at radius 2 is 1.65 bits per heavy atom. The molecule has 0 aromatic rings. The van der Waals surface area contributed by atoms with Gasteiger partial charge in [-0.25, -0.2) is 0 Å². The predicted molar refractivity (Wildman–Crippen MR) is 66.6 cm³/mol. The topological polar surface area (TPSA) is 48.0 Å². The second kappa shape index (κ2) is 11.0. The third-order valence-corrected chi connectivity index (χ3v) is 2.31. The van der Waals surface area contributed by atoms with Gasteiger partial charge in [0, 0.05) is 20.7 Å². The van der Waals surface area contributed by atoms with Gasteiger partial charge < -0.3 is 19.1 Å². The maximum Gasteiger partial charge on any atom is 0.255 e. The van der Waals surface area contributed by atoms with Gasteiger partial charge in [0.2, 0.25) is 0 Å².